The molecule has 0 spiro atoms. The summed E-state index contributed by atoms with van der Waals surface area (Å²) in [5.41, 5.74) is 2.02. The van der Waals surface area contributed by atoms with E-state index in [1.165, 1.54) is 4.68 Å². The van der Waals surface area contributed by atoms with Crippen LogP contribution in [0, 0.1) is 0 Å². The van der Waals surface area contributed by atoms with E-state index in [2.05, 4.69) is 10.4 Å². The van der Waals surface area contributed by atoms with Crippen LogP contribution in [0.5, 0.6) is 0 Å². The Morgan fingerprint density at radius 3 is 3.33 bits per heavy atom. The van der Waals surface area contributed by atoms with Gasteiger partial charge in [-0.05, 0) is 18.5 Å². The maximum absolute atomic E-state index is 11.5. The topological polar surface area (TPSA) is 46.9 Å². The Morgan fingerprint density at radius 1 is 1.67 bits per heavy atom. The summed E-state index contributed by atoms with van der Waals surface area (Å²) in [6.07, 6.45) is 2.59. The quantitative estimate of drug-likeness (QED) is 0.560. The van der Waals surface area contributed by atoms with Gasteiger partial charge in [-0.15, -0.1) is 0 Å². The van der Waals surface area contributed by atoms with E-state index in [1.807, 2.05) is 0 Å². The fourth-order valence-electron chi connectivity index (χ4n) is 1.48. The summed E-state index contributed by atoms with van der Waals surface area (Å²) in [6.45, 7) is 1.67. The first-order valence-electron chi connectivity index (χ1n) is 4.04. The van der Waals surface area contributed by atoms with E-state index in [1.54, 1.807) is 13.2 Å². The van der Waals surface area contributed by atoms with Gasteiger partial charge >= 0.3 is 0 Å². The lowest BCUT2D eigenvalue weighted by Crippen LogP contribution is -2.33. The van der Waals surface area contributed by atoms with Crippen molar-refractivity contribution in [1.82, 2.24) is 15.1 Å². The van der Waals surface area contributed by atoms with Gasteiger partial charge in [-0.1, -0.05) is 0 Å². The molecular weight excluding hydrogens is 154 g/mol. The zero-order chi connectivity index (χ0) is 8.55. The summed E-state index contributed by atoms with van der Waals surface area (Å²) in [4.78, 5) is 11.5. The third-order valence-electron chi connectivity index (χ3n) is 2.19. The fraction of sp³-hybridized carbons (Fsp3) is 0.500. The molecule has 1 aromatic heterocycles. The highest BCUT2D eigenvalue weighted by Crippen LogP contribution is 2.06. The molecule has 0 atom stereocenters. The standard InChI is InChI=1S/C8H11N3O/c1-11-8(12)7-2-3-9-4-6(7)5-10-11/h5,9H,2-4H2,1H3. The molecule has 0 saturated heterocycles. The smallest absolute Gasteiger partial charge is 0.270 e. The molecule has 0 radical (unpaired) electrons. The Morgan fingerprint density at radius 2 is 2.50 bits per heavy atom. The van der Waals surface area contributed by atoms with Crippen LogP contribution >= 0.6 is 0 Å². The number of aromatic nitrogens is 2. The van der Waals surface area contributed by atoms with Gasteiger partial charge in [-0.2, -0.15) is 5.10 Å². The normalized spacial score (nSPS) is 15.8. The van der Waals surface area contributed by atoms with Gasteiger partial charge in [0, 0.05) is 19.2 Å². The zero-order valence-corrected chi connectivity index (χ0v) is 7.00. The van der Waals surface area contributed by atoms with Gasteiger partial charge < -0.3 is 5.32 Å². The summed E-state index contributed by atoms with van der Waals surface area (Å²) in [5, 5.41) is 7.16. The molecule has 0 fully saturated rings. The van der Waals surface area contributed by atoms with Crippen molar-refractivity contribution < 1.29 is 0 Å². The second-order valence-electron chi connectivity index (χ2n) is 3.00. The van der Waals surface area contributed by atoms with Crippen LogP contribution in [0.1, 0.15) is 11.1 Å². The summed E-state index contributed by atoms with van der Waals surface area (Å²) >= 11 is 0. The molecule has 1 aromatic rings. The minimum Gasteiger partial charge on any atom is -0.312 e. The molecule has 0 amide bonds. The van der Waals surface area contributed by atoms with Crippen molar-refractivity contribution in [1.29, 1.82) is 0 Å². The van der Waals surface area contributed by atoms with Crippen LogP contribution in [0.25, 0.3) is 0 Å². The molecule has 4 nitrogen and oxygen atoms in total. The van der Waals surface area contributed by atoms with Crippen molar-refractivity contribution in [2.75, 3.05) is 6.54 Å². The molecular formula is C8H11N3O. The van der Waals surface area contributed by atoms with E-state index in [9.17, 15) is 4.79 Å². The molecule has 2 heterocycles. The average Bonchev–Trinajstić information content (AvgIpc) is 2.12. The van der Waals surface area contributed by atoms with Gasteiger partial charge in [0.25, 0.3) is 5.56 Å². The second kappa shape index (κ2) is 2.71. The van der Waals surface area contributed by atoms with Crippen molar-refractivity contribution in [3.05, 3.63) is 27.7 Å². The molecule has 0 saturated carbocycles. The van der Waals surface area contributed by atoms with Crippen molar-refractivity contribution in [2.45, 2.75) is 13.0 Å². The van der Waals surface area contributed by atoms with E-state index < -0.39 is 0 Å². The Hall–Kier alpha value is -1.16. The number of rotatable bonds is 0. The lowest BCUT2D eigenvalue weighted by molar-refractivity contribution is 0.601. The summed E-state index contributed by atoms with van der Waals surface area (Å²) in [7, 11) is 1.69. The van der Waals surface area contributed by atoms with Gasteiger partial charge in [-0.25, -0.2) is 4.68 Å². The summed E-state index contributed by atoms with van der Waals surface area (Å²) in [6, 6.07) is 0. The summed E-state index contributed by atoms with van der Waals surface area (Å²) < 4.78 is 1.39. The third-order valence-corrected chi connectivity index (χ3v) is 2.19. The van der Waals surface area contributed by atoms with Gasteiger partial charge in [0.2, 0.25) is 0 Å². The third kappa shape index (κ3) is 1.04. The van der Waals surface area contributed by atoms with Crippen molar-refractivity contribution in [2.24, 2.45) is 7.05 Å². The number of fused-ring (bicyclic) bond motifs is 1. The Balaban J connectivity index is 2.62. The molecule has 0 unspecified atom stereocenters. The molecule has 0 aromatic carbocycles. The molecule has 2 rings (SSSR count). The van der Waals surface area contributed by atoms with Crippen molar-refractivity contribution in [3.8, 4) is 0 Å². The lowest BCUT2D eigenvalue weighted by atomic mass is 10.1. The van der Waals surface area contributed by atoms with Crippen LogP contribution in [0.4, 0.5) is 0 Å². The van der Waals surface area contributed by atoms with Gasteiger partial charge in [0.1, 0.15) is 0 Å². The second-order valence-corrected chi connectivity index (χ2v) is 3.00. The molecule has 1 N–H and O–H groups in total. The van der Waals surface area contributed by atoms with Gasteiger partial charge in [0.15, 0.2) is 0 Å². The van der Waals surface area contributed by atoms with E-state index in [4.69, 9.17) is 0 Å². The van der Waals surface area contributed by atoms with Gasteiger partial charge in [0.05, 0.1) is 6.20 Å². The maximum atomic E-state index is 11.5. The number of hydrogen-bond acceptors (Lipinski definition) is 3. The average molecular weight is 165 g/mol. The predicted molar refractivity (Wildman–Crippen MR) is 44.9 cm³/mol. The van der Waals surface area contributed by atoms with Crippen LogP contribution in [-0.2, 0) is 20.0 Å². The van der Waals surface area contributed by atoms with E-state index in [0.717, 1.165) is 30.6 Å². The molecule has 64 valence electrons. The highest BCUT2D eigenvalue weighted by Gasteiger charge is 2.12. The van der Waals surface area contributed by atoms with Crippen LogP contribution in [-0.4, -0.2) is 16.3 Å². The van der Waals surface area contributed by atoms with E-state index in [0.29, 0.717) is 0 Å². The van der Waals surface area contributed by atoms with Crippen LogP contribution < -0.4 is 10.9 Å². The number of aryl methyl sites for hydroxylation is 1. The molecule has 1 aliphatic rings. The highest BCUT2D eigenvalue weighted by molar-refractivity contribution is 5.23. The predicted octanol–water partition coefficient (Wildman–Crippen LogP) is -0.574. The molecule has 1 aliphatic heterocycles. The number of nitrogens with zero attached hydrogens (tertiary/aromatic N) is 2. The van der Waals surface area contributed by atoms with Crippen molar-refractivity contribution >= 4 is 0 Å². The lowest BCUT2D eigenvalue weighted by Gasteiger charge is -2.15. The zero-order valence-electron chi connectivity index (χ0n) is 7.00. The summed E-state index contributed by atoms with van der Waals surface area (Å²) in [5.74, 6) is 0. The molecule has 0 bridgehead atoms. The molecule has 4 heteroatoms. The first kappa shape index (κ1) is 7.49. The fourth-order valence-corrected chi connectivity index (χ4v) is 1.48. The monoisotopic (exact) mass is 165 g/mol. The minimum absolute atomic E-state index is 0.0500. The number of nitrogens with one attached hydrogen (secondary N) is 1. The van der Waals surface area contributed by atoms with Crippen LogP contribution in [0.2, 0.25) is 0 Å². The highest BCUT2D eigenvalue weighted by atomic mass is 16.1. The minimum atomic E-state index is 0.0500. The molecule has 0 aliphatic carbocycles. The Kier molecular flexibility index (Phi) is 1.69. The van der Waals surface area contributed by atoms with E-state index >= 15 is 0 Å². The largest absolute Gasteiger partial charge is 0.312 e. The van der Waals surface area contributed by atoms with Gasteiger partial charge in [-0.3, -0.25) is 4.79 Å². The first-order valence-corrected chi connectivity index (χ1v) is 4.04. The number of hydrogen-bond donors (Lipinski definition) is 1. The van der Waals surface area contributed by atoms with Crippen LogP contribution in [0.3, 0.4) is 0 Å². The van der Waals surface area contributed by atoms with E-state index in [-0.39, 0.29) is 5.56 Å². The maximum Gasteiger partial charge on any atom is 0.270 e. The Bertz CT molecular complexity index is 356. The SMILES string of the molecule is Cn1ncc2c(c1=O)CCNC2. The van der Waals surface area contributed by atoms with Crippen LogP contribution in [0.15, 0.2) is 11.0 Å². The Labute approximate surface area is 70.2 Å². The van der Waals surface area contributed by atoms with Crippen molar-refractivity contribution in [3.63, 3.8) is 0 Å². The first-order chi connectivity index (χ1) is 5.79. The molecule has 12 heavy (non-hydrogen) atoms.